The quantitative estimate of drug-likeness (QED) is 0.863. The highest BCUT2D eigenvalue weighted by Crippen LogP contribution is 2.17. The number of ether oxygens (including phenoxy) is 1. The first kappa shape index (κ1) is 13.3. The highest BCUT2D eigenvalue weighted by Gasteiger charge is 2.12. The summed E-state index contributed by atoms with van der Waals surface area (Å²) in [7, 11) is 1.61. The van der Waals surface area contributed by atoms with Crippen molar-refractivity contribution >= 4 is 11.6 Å². The molecule has 0 radical (unpaired) electrons. The van der Waals surface area contributed by atoms with Gasteiger partial charge in [0.1, 0.15) is 5.76 Å². The topological polar surface area (TPSA) is 77.5 Å². The number of methoxy groups -OCH3 is 1. The molecule has 1 aromatic carbocycles. The van der Waals surface area contributed by atoms with Crippen molar-refractivity contribution in [3.05, 3.63) is 53.5 Å². The van der Waals surface area contributed by atoms with Crippen molar-refractivity contribution in [3.8, 4) is 0 Å². The molecule has 1 heterocycles. The van der Waals surface area contributed by atoms with Gasteiger partial charge >= 0.3 is 0 Å². The van der Waals surface area contributed by atoms with E-state index in [1.54, 1.807) is 19.2 Å². The van der Waals surface area contributed by atoms with E-state index in [1.165, 1.54) is 0 Å². The zero-order valence-corrected chi connectivity index (χ0v) is 10.7. The minimum atomic E-state index is -0.303. The average molecular weight is 260 g/mol. The predicted molar refractivity (Wildman–Crippen MR) is 71.7 cm³/mol. The largest absolute Gasteiger partial charge is 0.455 e. The van der Waals surface area contributed by atoms with Gasteiger partial charge in [0.15, 0.2) is 5.76 Å². The fraction of sp³-hybridized carbons (Fsp3) is 0.214. The highest BCUT2D eigenvalue weighted by molar-refractivity contribution is 6.02. The maximum atomic E-state index is 12.0. The van der Waals surface area contributed by atoms with Gasteiger partial charge in [0.25, 0.3) is 5.91 Å². The maximum absolute atomic E-state index is 12.0. The summed E-state index contributed by atoms with van der Waals surface area (Å²) < 4.78 is 10.4. The van der Waals surface area contributed by atoms with Gasteiger partial charge in [-0.25, -0.2) is 0 Å². The van der Waals surface area contributed by atoms with Gasteiger partial charge in [-0.1, -0.05) is 18.2 Å². The minimum absolute atomic E-state index is 0.243. The van der Waals surface area contributed by atoms with E-state index in [9.17, 15) is 4.79 Å². The van der Waals surface area contributed by atoms with E-state index in [2.05, 4.69) is 5.32 Å². The summed E-state index contributed by atoms with van der Waals surface area (Å²) in [6, 6.07) is 10.8. The van der Waals surface area contributed by atoms with Crippen molar-refractivity contribution < 1.29 is 13.9 Å². The van der Waals surface area contributed by atoms with E-state index in [1.807, 2.05) is 24.3 Å². The number of benzene rings is 1. The fourth-order valence-electron chi connectivity index (χ4n) is 1.72. The fourth-order valence-corrected chi connectivity index (χ4v) is 1.72. The molecule has 0 fully saturated rings. The lowest BCUT2D eigenvalue weighted by atomic mass is 10.2. The normalized spacial score (nSPS) is 10.4. The minimum Gasteiger partial charge on any atom is -0.455 e. The third-order valence-electron chi connectivity index (χ3n) is 2.65. The van der Waals surface area contributed by atoms with Crippen molar-refractivity contribution in [3.63, 3.8) is 0 Å². The molecule has 5 heteroatoms. The molecule has 0 unspecified atom stereocenters. The van der Waals surface area contributed by atoms with Crippen LogP contribution in [0.2, 0.25) is 0 Å². The van der Waals surface area contributed by atoms with Crippen molar-refractivity contribution in [2.24, 2.45) is 5.73 Å². The Hall–Kier alpha value is -2.11. The number of furan rings is 1. The van der Waals surface area contributed by atoms with Gasteiger partial charge in [0, 0.05) is 18.4 Å². The van der Waals surface area contributed by atoms with E-state index in [4.69, 9.17) is 14.9 Å². The van der Waals surface area contributed by atoms with Crippen molar-refractivity contribution in [1.29, 1.82) is 0 Å². The second-order valence-electron chi connectivity index (χ2n) is 4.01. The van der Waals surface area contributed by atoms with Crippen molar-refractivity contribution in [2.75, 3.05) is 12.4 Å². The van der Waals surface area contributed by atoms with E-state index in [0.29, 0.717) is 18.1 Å². The van der Waals surface area contributed by atoms with Gasteiger partial charge in [-0.15, -0.1) is 0 Å². The smallest absolute Gasteiger partial charge is 0.291 e. The lowest BCUT2D eigenvalue weighted by molar-refractivity contribution is 0.0994. The number of hydrogen-bond acceptors (Lipinski definition) is 4. The summed E-state index contributed by atoms with van der Waals surface area (Å²) >= 11 is 0. The SMILES string of the molecule is COCc1ccccc1NC(=O)c1ccc(CN)o1. The Morgan fingerprint density at radius 1 is 1.32 bits per heavy atom. The summed E-state index contributed by atoms with van der Waals surface area (Å²) in [6.07, 6.45) is 0. The molecule has 0 saturated heterocycles. The summed E-state index contributed by atoms with van der Waals surface area (Å²) in [6.45, 7) is 0.705. The van der Waals surface area contributed by atoms with Gasteiger partial charge in [-0.2, -0.15) is 0 Å². The van der Waals surface area contributed by atoms with E-state index in [-0.39, 0.29) is 18.2 Å². The molecular weight excluding hydrogens is 244 g/mol. The summed E-state index contributed by atoms with van der Waals surface area (Å²) in [5.41, 5.74) is 7.05. The lowest BCUT2D eigenvalue weighted by Crippen LogP contribution is -2.12. The molecular formula is C14H16N2O3. The van der Waals surface area contributed by atoms with Crippen LogP contribution in [0.15, 0.2) is 40.8 Å². The Bertz CT molecular complexity index is 563. The monoisotopic (exact) mass is 260 g/mol. The molecule has 100 valence electrons. The van der Waals surface area contributed by atoms with Gasteiger partial charge < -0.3 is 20.2 Å². The molecule has 0 aliphatic carbocycles. The zero-order valence-electron chi connectivity index (χ0n) is 10.7. The molecule has 0 saturated carbocycles. The van der Waals surface area contributed by atoms with Crippen LogP contribution in [0.1, 0.15) is 21.9 Å². The van der Waals surface area contributed by atoms with Crippen LogP contribution in [-0.4, -0.2) is 13.0 Å². The third kappa shape index (κ3) is 3.21. The number of carbonyl (C=O) groups excluding carboxylic acids is 1. The molecule has 0 spiro atoms. The van der Waals surface area contributed by atoms with E-state index >= 15 is 0 Å². The number of amides is 1. The molecule has 2 aromatic rings. The Kier molecular flexibility index (Phi) is 4.33. The molecule has 0 aliphatic rings. The van der Waals surface area contributed by atoms with Crippen LogP contribution in [0.4, 0.5) is 5.69 Å². The number of para-hydroxylation sites is 1. The maximum Gasteiger partial charge on any atom is 0.291 e. The number of rotatable bonds is 5. The second-order valence-corrected chi connectivity index (χ2v) is 4.01. The number of carbonyl (C=O) groups is 1. The standard InChI is InChI=1S/C14H16N2O3/c1-18-9-10-4-2-3-5-12(10)16-14(17)13-7-6-11(8-15)19-13/h2-7H,8-9,15H2,1H3,(H,16,17). The average Bonchev–Trinajstić information content (AvgIpc) is 2.90. The molecule has 19 heavy (non-hydrogen) atoms. The Morgan fingerprint density at radius 3 is 2.79 bits per heavy atom. The van der Waals surface area contributed by atoms with Gasteiger partial charge in [-0.05, 0) is 18.2 Å². The van der Waals surface area contributed by atoms with Crippen LogP contribution in [0, 0.1) is 0 Å². The first-order valence-electron chi connectivity index (χ1n) is 5.91. The van der Waals surface area contributed by atoms with Crippen LogP contribution in [0.3, 0.4) is 0 Å². The first-order valence-corrected chi connectivity index (χ1v) is 5.91. The van der Waals surface area contributed by atoms with Gasteiger partial charge in [0.2, 0.25) is 0 Å². The van der Waals surface area contributed by atoms with Crippen LogP contribution >= 0.6 is 0 Å². The van der Waals surface area contributed by atoms with Crippen LogP contribution in [0.5, 0.6) is 0 Å². The number of hydrogen-bond donors (Lipinski definition) is 2. The molecule has 0 atom stereocenters. The first-order chi connectivity index (χ1) is 9.24. The highest BCUT2D eigenvalue weighted by atomic mass is 16.5. The Morgan fingerprint density at radius 2 is 2.11 bits per heavy atom. The second kappa shape index (κ2) is 6.17. The molecule has 0 aliphatic heterocycles. The van der Waals surface area contributed by atoms with Crippen molar-refractivity contribution in [2.45, 2.75) is 13.2 Å². The van der Waals surface area contributed by atoms with E-state index in [0.717, 1.165) is 5.56 Å². The molecule has 2 rings (SSSR count). The van der Waals surface area contributed by atoms with E-state index < -0.39 is 0 Å². The van der Waals surface area contributed by atoms with Crippen LogP contribution < -0.4 is 11.1 Å². The number of nitrogens with two attached hydrogens (primary N) is 1. The van der Waals surface area contributed by atoms with Gasteiger partial charge in [-0.3, -0.25) is 4.79 Å². The number of anilines is 1. The van der Waals surface area contributed by atoms with Crippen LogP contribution in [-0.2, 0) is 17.9 Å². The summed E-state index contributed by atoms with van der Waals surface area (Å²) in [5, 5.41) is 2.80. The summed E-state index contributed by atoms with van der Waals surface area (Å²) in [4.78, 5) is 12.0. The third-order valence-corrected chi connectivity index (χ3v) is 2.65. The lowest BCUT2D eigenvalue weighted by Gasteiger charge is -2.09. The molecule has 1 aromatic heterocycles. The Labute approximate surface area is 111 Å². The molecule has 5 nitrogen and oxygen atoms in total. The summed E-state index contributed by atoms with van der Waals surface area (Å²) in [5.74, 6) is 0.520. The van der Waals surface area contributed by atoms with Gasteiger partial charge in [0.05, 0.1) is 13.2 Å². The Balaban J connectivity index is 2.14. The number of nitrogens with one attached hydrogen (secondary N) is 1. The predicted octanol–water partition coefficient (Wildman–Crippen LogP) is 2.14. The van der Waals surface area contributed by atoms with Crippen LogP contribution in [0.25, 0.3) is 0 Å². The van der Waals surface area contributed by atoms with Crippen molar-refractivity contribution in [1.82, 2.24) is 0 Å². The molecule has 3 N–H and O–H groups in total. The molecule has 0 bridgehead atoms. The zero-order chi connectivity index (χ0) is 13.7. The molecule has 1 amide bonds.